The molecule has 0 heterocycles. The lowest BCUT2D eigenvalue weighted by molar-refractivity contribution is 0.262. The second kappa shape index (κ2) is 13.8. The fourth-order valence-electron chi connectivity index (χ4n) is 5.25. The third-order valence-electron chi connectivity index (χ3n) is 7.81. The number of fused-ring (bicyclic) bond motifs is 2. The van der Waals surface area contributed by atoms with E-state index in [1.54, 1.807) is 0 Å². The van der Waals surface area contributed by atoms with Gasteiger partial charge in [0.25, 0.3) is 40.3 Å². The second-order valence-corrected chi connectivity index (χ2v) is 17.7. The minimum atomic E-state index is -4.52. The van der Waals surface area contributed by atoms with Crippen LogP contribution in [0.25, 0.3) is 21.5 Å². The predicted molar refractivity (Wildman–Crippen MR) is 198 cm³/mol. The number of anilines is 4. The van der Waals surface area contributed by atoms with Gasteiger partial charge in [-0.1, -0.05) is 24.3 Å². The summed E-state index contributed by atoms with van der Waals surface area (Å²) in [6.07, 6.45) is 0. The highest BCUT2D eigenvalue weighted by Gasteiger charge is 2.21. The first-order valence-electron chi connectivity index (χ1n) is 15.0. The number of amides is 2. The van der Waals surface area contributed by atoms with Gasteiger partial charge in [-0.2, -0.15) is 16.8 Å². The van der Waals surface area contributed by atoms with Crippen LogP contribution in [0.2, 0.25) is 0 Å². The smallest absolute Gasteiger partial charge is 0.323 e. The molecule has 0 spiro atoms. The highest BCUT2D eigenvalue weighted by molar-refractivity contribution is 7.93. The number of carbonyl (C=O) groups is 1. The van der Waals surface area contributed by atoms with Gasteiger partial charge >= 0.3 is 6.03 Å². The first-order valence-corrected chi connectivity index (χ1v) is 20.9. The van der Waals surface area contributed by atoms with Crippen LogP contribution in [-0.2, 0) is 40.3 Å². The van der Waals surface area contributed by atoms with E-state index in [9.17, 15) is 57.8 Å². The van der Waals surface area contributed by atoms with E-state index in [1.165, 1.54) is 72.8 Å². The molecule has 6 aromatic rings. The standard InChI is InChI=1S/C33H26N4O13S4/c38-31-27-11-9-25(53(45,46)47)15-19(27)7-13-29(31)36-51(41,42)23-5-1-3-21(17-23)34-33(40)35-22-4-2-6-24(18-22)52(43,44)37-30-14-8-20-16-26(54(48,49)50)10-12-28(20)32(30)39/h1-18,36-39H,(H2,34,35,40)(H,45,46,47)(H,48,49,50). The number of benzene rings is 6. The van der Waals surface area contributed by atoms with Crippen LogP contribution in [0.4, 0.5) is 27.5 Å². The normalized spacial score (nSPS) is 12.3. The number of phenols is 2. The van der Waals surface area contributed by atoms with Gasteiger partial charge in [-0.25, -0.2) is 21.6 Å². The van der Waals surface area contributed by atoms with Crippen molar-refractivity contribution in [1.29, 1.82) is 0 Å². The van der Waals surface area contributed by atoms with Crippen molar-refractivity contribution in [2.75, 3.05) is 20.1 Å². The van der Waals surface area contributed by atoms with Crippen molar-refractivity contribution >= 4 is 90.6 Å². The van der Waals surface area contributed by atoms with Gasteiger partial charge in [-0.05, 0) is 95.7 Å². The number of rotatable bonds is 10. The third-order valence-corrected chi connectivity index (χ3v) is 12.2. The summed E-state index contributed by atoms with van der Waals surface area (Å²) in [5.41, 5.74) is -0.464. The molecular formula is C33H26N4O13S4. The maximum atomic E-state index is 13.2. The van der Waals surface area contributed by atoms with Crippen molar-refractivity contribution in [3.63, 3.8) is 0 Å². The summed E-state index contributed by atoms with van der Waals surface area (Å²) in [5, 5.41) is 26.9. The average molecular weight is 815 g/mol. The zero-order chi connectivity index (χ0) is 39.2. The molecule has 54 heavy (non-hydrogen) atoms. The largest absolute Gasteiger partial charge is 0.505 e. The second-order valence-electron chi connectivity index (χ2n) is 11.5. The molecule has 6 aromatic carbocycles. The quantitative estimate of drug-likeness (QED) is 0.0657. The number of hydrogen-bond acceptors (Lipinski definition) is 11. The molecule has 17 nitrogen and oxygen atoms in total. The van der Waals surface area contributed by atoms with Gasteiger partial charge in [0.15, 0.2) is 0 Å². The number of carbonyl (C=O) groups excluding carboxylic acids is 1. The third kappa shape index (κ3) is 8.00. The lowest BCUT2D eigenvalue weighted by Gasteiger charge is -2.14. The highest BCUT2D eigenvalue weighted by Crippen LogP contribution is 2.37. The Bertz CT molecular complexity index is 2770. The van der Waals surface area contributed by atoms with Crippen molar-refractivity contribution in [2.45, 2.75) is 19.6 Å². The zero-order valence-electron chi connectivity index (χ0n) is 27.0. The number of nitrogens with one attached hydrogen (secondary N) is 4. The molecule has 280 valence electrons. The minimum absolute atomic E-state index is 0.0109. The molecule has 0 bridgehead atoms. The highest BCUT2D eigenvalue weighted by atomic mass is 32.2. The lowest BCUT2D eigenvalue weighted by atomic mass is 10.1. The van der Waals surface area contributed by atoms with Crippen molar-refractivity contribution in [3.8, 4) is 11.5 Å². The Balaban J connectivity index is 1.15. The van der Waals surface area contributed by atoms with E-state index in [-0.39, 0.29) is 54.1 Å². The van der Waals surface area contributed by atoms with E-state index in [1.807, 2.05) is 0 Å². The van der Waals surface area contributed by atoms with Crippen LogP contribution in [0, 0.1) is 0 Å². The molecule has 21 heteroatoms. The van der Waals surface area contributed by atoms with Crippen LogP contribution < -0.4 is 20.1 Å². The molecule has 0 aromatic heterocycles. The Labute approximate surface area is 307 Å². The van der Waals surface area contributed by atoms with Crippen LogP contribution in [-0.4, -0.2) is 59.0 Å². The van der Waals surface area contributed by atoms with Gasteiger partial charge in [-0.15, -0.1) is 0 Å². The lowest BCUT2D eigenvalue weighted by Crippen LogP contribution is -2.20. The summed E-state index contributed by atoms with van der Waals surface area (Å²) in [6, 6.07) is 20.9. The molecule has 0 aliphatic heterocycles. The summed E-state index contributed by atoms with van der Waals surface area (Å²) < 4.78 is 122. The van der Waals surface area contributed by atoms with Crippen molar-refractivity contribution in [3.05, 3.63) is 109 Å². The van der Waals surface area contributed by atoms with E-state index < -0.39 is 67.6 Å². The summed E-state index contributed by atoms with van der Waals surface area (Å²) in [6.45, 7) is 0. The maximum absolute atomic E-state index is 13.2. The summed E-state index contributed by atoms with van der Waals surface area (Å²) >= 11 is 0. The van der Waals surface area contributed by atoms with Gasteiger partial charge in [0.1, 0.15) is 11.5 Å². The van der Waals surface area contributed by atoms with Gasteiger partial charge in [0.05, 0.1) is 31.0 Å². The molecule has 0 radical (unpaired) electrons. The average Bonchev–Trinajstić information content (AvgIpc) is 3.10. The van der Waals surface area contributed by atoms with Gasteiger partial charge in [0, 0.05) is 22.1 Å². The fraction of sp³-hybridized carbons (Fsp3) is 0. The molecule has 0 atom stereocenters. The van der Waals surface area contributed by atoms with Crippen molar-refractivity contribution in [2.24, 2.45) is 0 Å². The molecule has 8 N–H and O–H groups in total. The van der Waals surface area contributed by atoms with Crippen LogP contribution >= 0.6 is 0 Å². The van der Waals surface area contributed by atoms with Gasteiger partial charge < -0.3 is 20.8 Å². The zero-order valence-corrected chi connectivity index (χ0v) is 30.3. The predicted octanol–water partition coefficient (Wildman–Crippen LogP) is 5.14. The minimum Gasteiger partial charge on any atom is -0.505 e. The molecule has 0 saturated carbocycles. The topological polar surface area (TPSA) is 283 Å². The van der Waals surface area contributed by atoms with Crippen LogP contribution in [0.3, 0.4) is 0 Å². The van der Waals surface area contributed by atoms with Gasteiger partial charge in [-0.3, -0.25) is 18.5 Å². The molecular weight excluding hydrogens is 789 g/mol. The van der Waals surface area contributed by atoms with Crippen LogP contribution in [0.1, 0.15) is 0 Å². The summed E-state index contributed by atoms with van der Waals surface area (Å²) in [4.78, 5) is 11.4. The molecule has 0 aliphatic carbocycles. The molecule has 0 fully saturated rings. The SMILES string of the molecule is O=C(Nc1cccc(S(=O)(=O)Nc2ccc3cc(S(=O)(=O)O)ccc3c2O)c1)Nc1cccc(S(=O)(=O)Nc2ccc3cc(S(=O)(=O)O)ccc3c2O)c1. The number of hydrogen-bond donors (Lipinski definition) is 8. The Morgan fingerprint density at radius 2 is 0.852 bits per heavy atom. The Morgan fingerprint density at radius 3 is 1.22 bits per heavy atom. The number of sulfonamides is 2. The van der Waals surface area contributed by atoms with E-state index in [2.05, 4.69) is 20.1 Å². The van der Waals surface area contributed by atoms with Crippen molar-refractivity contribution in [1.82, 2.24) is 0 Å². The number of urea groups is 1. The Hall–Kier alpha value is -5.97. The molecule has 6 rings (SSSR count). The first kappa shape index (κ1) is 37.8. The summed E-state index contributed by atoms with van der Waals surface area (Å²) in [7, 11) is -17.8. The van der Waals surface area contributed by atoms with E-state index in [0.29, 0.717) is 0 Å². The number of phenolic OH excluding ortho intramolecular Hbond substituents is 2. The first-order chi connectivity index (χ1) is 25.2. The maximum Gasteiger partial charge on any atom is 0.323 e. The Kier molecular flexibility index (Phi) is 9.64. The van der Waals surface area contributed by atoms with E-state index in [0.717, 1.165) is 36.4 Å². The molecule has 0 saturated heterocycles. The van der Waals surface area contributed by atoms with Crippen LogP contribution in [0.5, 0.6) is 11.5 Å². The van der Waals surface area contributed by atoms with Crippen molar-refractivity contribution < 1.29 is 57.8 Å². The van der Waals surface area contributed by atoms with Crippen LogP contribution in [0.15, 0.2) is 129 Å². The van der Waals surface area contributed by atoms with E-state index >= 15 is 0 Å². The van der Waals surface area contributed by atoms with Gasteiger partial charge in [0.2, 0.25) is 0 Å². The Morgan fingerprint density at radius 1 is 0.463 bits per heavy atom. The monoisotopic (exact) mass is 814 g/mol. The summed E-state index contributed by atoms with van der Waals surface area (Å²) in [5.74, 6) is -1.03. The van der Waals surface area contributed by atoms with E-state index in [4.69, 9.17) is 0 Å². The number of aromatic hydroxyl groups is 2. The molecule has 0 unspecified atom stereocenters. The fourth-order valence-corrected chi connectivity index (χ4v) is 8.51. The molecule has 2 amide bonds. The molecule has 0 aliphatic rings.